The number of nitrogens with zero attached hydrogens (tertiary/aromatic N) is 2. The lowest BCUT2D eigenvalue weighted by Gasteiger charge is -2.11. The molecule has 0 aliphatic rings. The molecule has 1 aromatic heterocycles. The zero-order valence-corrected chi connectivity index (χ0v) is 10.7. The molecule has 0 radical (unpaired) electrons. The normalized spacial score (nSPS) is 12.8. The van der Waals surface area contributed by atoms with Crippen molar-refractivity contribution in [2.75, 3.05) is 6.54 Å². The molecule has 102 valence electrons. The van der Waals surface area contributed by atoms with Crippen molar-refractivity contribution in [3.8, 4) is 0 Å². The maximum Gasteiger partial charge on any atom is 0.333 e. The lowest BCUT2D eigenvalue weighted by Crippen LogP contribution is -2.38. The van der Waals surface area contributed by atoms with Crippen LogP contribution in [0.5, 0.6) is 0 Å². The van der Waals surface area contributed by atoms with Gasteiger partial charge >= 0.3 is 6.55 Å². The predicted molar refractivity (Wildman–Crippen MR) is 63.3 cm³/mol. The molecule has 7 heteroatoms. The number of nitrogens with one attached hydrogen (secondary N) is 1. The Labute approximate surface area is 104 Å². The Kier molecular flexibility index (Phi) is 4.77. The van der Waals surface area contributed by atoms with Crippen LogP contribution in [0.4, 0.5) is 8.78 Å². The highest BCUT2D eigenvalue weighted by Gasteiger charge is 2.19. The van der Waals surface area contributed by atoms with Crippen LogP contribution in [-0.2, 0) is 11.2 Å². The van der Waals surface area contributed by atoms with E-state index in [0.29, 0.717) is 28.2 Å². The number of hydrogen-bond donors (Lipinski definition) is 2. The average molecular weight is 260 g/mol. The van der Waals surface area contributed by atoms with Crippen molar-refractivity contribution >= 4 is 5.91 Å². The number of carbonyl (C=O) groups excluding carboxylic acids is 1. The van der Waals surface area contributed by atoms with Crippen molar-refractivity contribution in [3.05, 3.63) is 17.0 Å². The van der Waals surface area contributed by atoms with Crippen molar-refractivity contribution in [2.45, 2.75) is 39.8 Å². The maximum atomic E-state index is 12.6. The summed E-state index contributed by atoms with van der Waals surface area (Å²) in [6.45, 7) is 2.56. The number of aryl methyl sites for hydroxylation is 1. The first-order chi connectivity index (χ1) is 8.36. The molecule has 18 heavy (non-hydrogen) atoms. The third kappa shape index (κ3) is 3.25. The van der Waals surface area contributed by atoms with Gasteiger partial charge in [0.05, 0.1) is 12.1 Å². The van der Waals surface area contributed by atoms with Gasteiger partial charge in [-0.3, -0.25) is 4.79 Å². The molecule has 0 saturated heterocycles. The second-order valence-electron chi connectivity index (χ2n) is 4.25. The Morgan fingerprint density at radius 3 is 2.56 bits per heavy atom. The van der Waals surface area contributed by atoms with Crippen LogP contribution in [-0.4, -0.2) is 28.3 Å². The molecule has 0 saturated carbocycles. The fraction of sp³-hybridized carbons (Fsp3) is 0.636. The summed E-state index contributed by atoms with van der Waals surface area (Å²) in [5, 5.41) is 6.41. The molecule has 1 amide bonds. The van der Waals surface area contributed by atoms with E-state index < -0.39 is 6.55 Å². The summed E-state index contributed by atoms with van der Waals surface area (Å²) in [7, 11) is 0. The van der Waals surface area contributed by atoms with Gasteiger partial charge in [-0.1, -0.05) is 0 Å². The van der Waals surface area contributed by atoms with E-state index in [1.54, 1.807) is 13.8 Å². The topological polar surface area (TPSA) is 72.9 Å². The summed E-state index contributed by atoms with van der Waals surface area (Å²) in [5.74, 6) is -0.243. The van der Waals surface area contributed by atoms with Crippen LogP contribution >= 0.6 is 0 Å². The van der Waals surface area contributed by atoms with Crippen molar-refractivity contribution < 1.29 is 13.6 Å². The molecule has 1 rings (SSSR count). The summed E-state index contributed by atoms with van der Waals surface area (Å²) in [6, 6.07) is -0.136. The quantitative estimate of drug-likeness (QED) is 0.826. The molecule has 3 N–H and O–H groups in total. The van der Waals surface area contributed by atoms with Gasteiger partial charge in [-0.05, 0) is 20.8 Å². The molecule has 0 unspecified atom stereocenters. The molecule has 0 bridgehead atoms. The van der Waals surface area contributed by atoms with Gasteiger partial charge in [-0.2, -0.15) is 13.9 Å². The summed E-state index contributed by atoms with van der Waals surface area (Å²) in [6.07, 6.45) is 0.0364. The smallest absolute Gasteiger partial charge is 0.333 e. The van der Waals surface area contributed by atoms with Crippen molar-refractivity contribution in [1.82, 2.24) is 15.1 Å². The van der Waals surface area contributed by atoms with Crippen molar-refractivity contribution in [2.24, 2.45) is 5.73 Å². The second-order valence-corrected chi connectivity index (χ2v) is 4.25. The molecule has 1 heterocycles. The molecule has 0 spiro atoms. The van der Waals surface area contributed by atoms with Crippen LogP contribution in [0.3, 0.4) is 0 Å². The van der Waals surface area contributed by atoms with E-state index in [1.807, 2.05) is 0 Å². The van der Waals surface area contributed by atoms with Crippen LogP contribution in [0.2, 0.25) is 0 Å². The van der Waals surface area contributed by atoms with Gasteiger partial charge in [0, 0.05) is 23.8 Å². The highest BCUT2D eigenvalue weighted by molar-refractivity contribution is 5.79. The van der Waals surface area contributed by atoms with E-state index in [0.717, 1.165) is 0 Å². The van der Waals surface area contributed by atoms with Gasteiger partial charge in [-0.15, -0.1) is 0 Å². The van der Waals surface area contributed by atoms with Gasteiger partial charge < -0.3 is 11.1 Å². The highest BCUT2D eigenvalue weighted by atomic mass is 19.3. The van der Waals surface area contributed by atoms with E-state index in [-0.39, 0.29) is 18.4 Å². The Morgan fingerprint density at radius 2 is 2.11 bits per heavy atom. The first kappa shape index (κ1) is 14.6. The Balaban J connectivity index is 2.82. The lowest BCUT2D eigenvalue weighted by atomic mass is 10.1. The summed E-state index contributed by atoms with van der Waals surface area (Å²) in [5.41, 5.74) is 6.69. The Bertz CT molecular complexity index is 431. The largest absolute Gasteiger partial charge is 0.352 e. The van der Waals surface area contributed by atoms with Crippen LogP contribution in [0.15, 0.2) is 0 Å². The van der Waals surface area contributed by atoms with Gasteiger partial charge in [-0.25, -0.2) is 4.68 Å². The number of amides is 1. The van der Waals surface area contributed by atoms with E-state index in [4.69, 9.17) is 5.73 Å². The zero-order chi connectivity index (χ0) is 13.9. The zero-order valence-electron chi connectivity index (χ0n) is 10.7. The first-order valence-corrected chi connectivity index (χ1v) is 5.69. The fourth-order valence-electron chi connectivity index (χ4n) is 1.69. The molecule has 0 fully saturated rings. The number of nitrogens with two attached hydrogens (primary N) is 1. The maximum absolute atomic E-state index is 12.6. The minimum atomic E-state index is -2.69. The SMILES string of the molecule is Cc1nn(C(F)F)c(C)c1CC(=O)N[C@@H](C)CN. The predicted octanol–water partition coefficient (Wildman–Crippen LogP) is 0.901. The summed E-state index contributed by atoms with van der Waals surface area (Å²) >= 11 is 0. The van der Waals surface area contributed by atoms with Crippen LogP contribution in [0.1, 0.15) is 30.4 Å². The number of rotatable bonds is 5. The Morgan fingerprint density at radius 1 is 1.50 bits per heavy atom. The highest BCUT2D eigenvalue weighted by Crippen LogP contribution is 2.19. The van der Waals surface area contributed by atoms with E-state index in [9.17, 15) is 13.6 Å². The molecule has 0 aliphatic carbocycles. The molecule has 5 nitrogen and oxygen atoms in total. The lowest BCUT2D eigenvalue weighted by molar-refractivity contribution is -0.121. The van der Waals surface area contributed by atoms with Gasteiger partial charge in [0.2, 0.25) is 5.91 Å². The number of carbonyl (C=O) groups is 1. The Hall–Kier alpha value is -1.50. The second kappa shape index (κ2) is 5.90. The number of alkyl halides is 2. The minimum absolute atomic E-state index is 0.0364. The number of aromatic nitrogens is 2. The minimum Gasteiger partial charge on any atom is -0.352 e. The fourth-order valence-corrected chi connectivity index (χ4v) is 1.69. The van der Waals surface area contributed by atoms with E-state index >= 15 is 0 Å². The van der Waals surface area contributed by atoms with Crippen LogP contribution < -0.4 is 11.1 Å². The third-order valence-electron chi connectivity index (χ3n) is 2.76. The average Bonchev–Trinajstić information content (AvgIpc) is 2.56. The molecular weight excluding hydrogens is 242 g/mol. The van der Waals surface area contributed by atoms with Crippen LogP contribution in [0.25, 0.3) is 0 Å². The summed E-state index contributed by atoms with van der Waals surface area (Å²) < 4.78 is 25.8. The molecule has 0 aromatic carbocycles. The molecular formula is C11H18F2N4O. The molecule has 0 aliphatic heterocycles. The summed E-state index contributed by atoms with van der Waals surface area (Å²) in [4.78, 5) is 11.7. The molecule has 1 aromatic rings. The number of hydrogen-bond acceptors (Lipinski definition) is 3. The van der Waals surface area contributed by atoms with Gasteiger partial charge in [0.25, 0.3) is 0 Å². The van der Waals surface area contributed by atoms with E-state index in [1.165, 1.54) is 6.92 Å². The monoisotopic (exact) mass is 260 g/mol. The first-order valence-electron chi connectivity index (χ1n) is 5.69. The van der Waals surface area contributed by atoms with E-state index in [2.05, 4.69) is 10.4 Å². The van der Waals surface area contributed by atoms with Crippen molar-refractivity contribution in [3.63, 3.8) is 0 Å². The van der Waals surface area contributed by atoms with Crippen molar-refractivity contribution in [1.29, 1.82) is 0 Å². The standard InChI is InChI=1S/C11H18F2N4O/c1-6(5-14)15-10(18)4-9-7(2)16-17(8(9)3)11(12)13/h6,11H,4-5,14H2,1-3H3,(H,15,18)/t6-/m0/s1. The van der Waals surface area contributed by atoms with Gasteiger partial charge in [0.1, 0.15) is 0 Å². The molecule has 1 atom stereocenters. The van der Waals surface area contributed by atoms with Crippen LogP contribution in [0, 0.1) is 13.8 Å². The third-order valence-corrected chi connectivity index (χ3v) is 2.76. The number of halogens is 2. The van der Waals surface area contributed by atoms with Gasteiger partial charge in [0.15, 0.2) is 0 Å².